The average Bonchev–Trinajstić information content (AvgIpc) is 2.51. The molecule has 0 fully saturated rings. The molecule has 128 valence electrons. The van der Waals surface area contributed by atoms with Crippen molar-refractivity contribution in [2.24, 2.45) is 5.10 Å². The highest BCUT2D eigenvalue weighted by Crippen LogP contribution is 2.37. The van der Waals surface area contributed by atoms with Crippen LogP contribution in [0.3, 0.4) is 0 Å². The van der Waals surface area contributed by atoms with Gasteiger partial charge in [0.05, 0.1) is 23.9 Å². The molecule has 1 rings (SSSR count). The van der Waals surface area contributed by atoms with Gasteiger partial charge in [-0.05, 0) is 57.1 Å². The molecule has 0 aliphatic carbocycles. The lowest BCUT2D eigenvalue weighted by Crippen LogP contribution is -2.31. The number of nitrogens with one attached hydrogen (secondary N) is 2. The summed E-state index contributed by atoms with van der Waals surface area (Å²) in [5.41, 5.74) is 3.53. The first-order valence-electron chi connectivity index (χ1n) is 7.71. The van der Waals surface area contributed by atoms with Crippen LogP contribution in [0.25, 0.3) is 0 Å². The fourth-order valence-corrected chi connectivity index (χ4v) is 2.15. The number of hydrogen-bond acceptors (Lipinski definition) is 4. The van der Waals surface area contributed by atoms with Gasteiger partial charge in [-0.15, -0.1) is 0 Å². The molecule has 2 N–H and O–H groups in total. The molecule has 1 aromatic rings. The van der Waals surface area contributed by atoms with Gasteiger partial charge in [0.15, 0.2) is 16.6 Å². The SMILES string of the molecule is CCNC(=S)N/N=C\c1cc(Cl)c(O[C@@H](C)CC)c(OCC)c1. The molecule has 0 spiro atoms. The maximum Gasteiger partial charge on any atom is 0.186 e. The highest BCUT2D eigenvalue weighted by Gasteiger charge is 2.14. The maximum absolute atomic E-state index is 6.34. The summed E-state index contributed by atoms with van der Waals surface area (Å²) < 4.78 is 11.5. The quantitative estimate of drug-likeness (QED) is 0.422. The van der Waals surface area contributed by atoms with Gasteiger partial charge in [0, 0.05) is 6.54 Å². The lowest BCUT2D eigenvalue weighted by molar-refractivity contribution is 0.203. The van der Waals surface area contributed by atoms with Crippen molar-refractivity contribution in [1.29, 1.82) is 0 Å². The van der Waals surface area contributed by atoms with Crippen LogP contribution in [-0.4, -0.2) is 30.6 Å². The smallest absolute Gasteiger partial charge is 0.186 e. The van der Waals surface area contributed by atoms with Crippen LogP contribution < -0.4 is 20.2 Å². The molecule has 1 aromatic carbocycles. The summed E-state index contributed by atoms with van der Waals surface area (Å²) >= 11 is 11.4. The van der Waals surface area contributed by atoms with Crippen LogP contribution in [0.15, 0.2) is 17.2 Å². The van der Waals surface area contributed by atoms with Crippen molar-refractivity contribution in [2.75, 3.05) is 13.2 Å². The van der Waals surface area contributed by atoms with Crippen LogP contribution in [0.1, 0.15) is 39.7 Å². The van der Waals surface area contributed by atoms with Crippen molar-refractivity contribution in [1.82, 2.24) is 10.7 Å². The van der Waals surface area contributed by atoms with E-state index in [2.05, 4.69) is 22.8 Å². The highest BCUT2D eigenvalue weighted by molar-refractivity contribution is 7.80. The molecule has 0 unspecified atom stereocenters. The van der Waals surface area contributed by atoms with E-state index in [1.54, 1.807) is 12.3 Å². The van der Waals surface area contributed by atoms with Crippen molar-refractivity contribution >= 4 is 35.1 Å². The van der Waals surface area contributed by atoms with Gasteiger partial charge in [-0.25, -0.2) is 0 Å². The molecule has 7 heteroatoms. The molecular weight excluding hydrogens is 334 g/mol. The van der Waals surface area contributed by atoms with E-state index in [0.717, 1.165) is 18.5 Å². The minimum atomic E-state index is 0.0605. The number of hydrogen-bond donors (Lipinski definition) is 2. The molecule has 0 saturated carbocycles. The first-order valence-corrected chi connectivity index (χ1v) is 8.50. The summed E-state index contributed by atoms with van der Waals surface area (Å²) in [6.45, 7) is 9.19. The minimum absolute atomic E-state index is 0.0605. The number of rotatable bonds is 8. The first-order chi connectivity index (χ1) is 11.0. The summed E-state index contributed by atoms with van der Waals surface area (Å²) in [6.07, 6.45) is 2.58. The maximum atomic E-state index is 6.34. The number of ether oxygens (including phenoxy) is 2. The molecule has 0 saturated heterocycles. The Kier molecular flexibility index (Phi) is 8.73. The van der Waals surface area contributed by atoms with Gasteiger partial charge >= 0.3 is 0 Å². The Hall–Kier alpha value is -1.53. The van der Waals surface area contributed by atoms with Crippen LogP contribution in [0, 0.1) is 0 Å². The molecule has 0 aliphatic heterocycles. The first kappa shape index (κ1) is 19.5. The molecule has 5 nitrogen and oxygen atoms in total. The van der Waals surface area contributed by atoms with Crippen molar-refractivity contribution in [2.45, 2.75) is 40.2 Å². The molecule has 1 atom stereocenters. The van der Waals surface area contributed by atoms with Crippen LogP contribution in [-0.2, 0) is 0 Å². The van der Waals surface area contributed by atoms with Crippen molar-refractivity contribution in [3.63, 3.8) is 0 Å². The Labute approximate surface area is 148 Å². The monoisotopic (exact) mass is 357 g/mol. The molecule has 23 heavy (non-hydrogen) atoms. The second kappa shape index (κ2) is 10.3. The number of nitrogens with zero attached hydrogens (tertiary/aromatic N) is 1. The number of thiocarbonyl (C=S) groups is 1. The molecule has 0 aliphatic rings. The minimum Gasteiger partial charge on any atom is -0.490 e. The summed E-state index contributed by atoms with van der Waals surface area (Å²) in [5, 5.41) is 7.98. The third-order valence-electron chi connectivity index (χ3n) is 2.94. The largest absolute Gasteiger partial charge is 0.490 e. The molecule has 0 aromatic heterocycles. The highest BCUT2D eigenvalue weighted by atomic mass is 35.5. The summed E-state index contributed by atoms with van der Waals surface area (Å²) in [4.78, 5) is 0. The van der Waals surface area contributed by atoms with E-state index in [1.807, 2.05) is 26.8 Å². The summed E-state index contributed by atoms with van der Waals surface area (Å²) in [6, 6.07) is 3.62. The van der Waals surface area contributed by atoms with Crippen LogP contribution in [0.2, 0.25) is 5.02 Å². The van der Waals surface area contributed by atoms with E-state index < -0.39 is 0 Å². The third kappa shape index (κ3) is 6.62. The van der Waals surface area contributed by atoms with Crippen LogP contribution in [0.5, 0.6) is 11.5 Å². The fourth-order valence-electron chi connectivity index (χ4n) is 1.69. The van der Waals surface area contributed by atoms with E-state index in [9.17, 15) is 0 Å². The third-order valence-corrected chi connectivity index (χ3v) is 3.46. The summed E-state index contributed by atoms with van der Waals surface area (Å²) in [7, 11) is 0. The zero-order chi connectivity index (χ0) is 17.2. The number of benzene rings is 1. The van der Waals surface area contributed by atoms with Gasteiger partial charge in [0.25, 0.3) is 0 Å². The average molecular weight is 358 g/mol. The molecule has 0 heterocycles. The van der Waals surface area contributed by atoms with E-state index in [-0.39, 0.29) is 6.10 Å². The Morgan fingerprint density at radius 2 is 2.13 bits per heavy atom. The van der Waals surface area contributed by atoms with Gasteiger partial charge < -0.3 is 14.8 Å². The Morgan fingerprint density at radius 1 is 1.39 bits per heavy atom. The van der Waals surface area contributed by atoms with E-state index >= 15 is 0 Å². The second-order valence-electron chi connectivity index (χ2n) is 4.83. The Bertz CT molecular complexity index is 552. The predicted molar refractivity (Wildman–Crippen MR) is 100 cm³/mol. The van der Waals surface area contributed by atoms with Crippen molar-refractivity contribution in [3.8, 4) is 11.5 Å². The van der Waals surface area contributed by atoms with Crippen LogP contribution >= 0.6 is 23.8 Å². The van der Waals surface area contributed by atoms with Gasteiger partial charge in [-0.3, -0.25) is 5.43 Å². The van der Waals surface area contributed by atoms with Gasteiger partial charge in [-0.2, -0.15) is 5.10 Å². The molecular formula is C16H24ClN3O2S. The number of halogens is 1. The van der Waals surface area contributed by atoms with E-state index in [0.29, 0.717) is 28.2 Å². The standard InChI is InChI=1S/C16H24ClN3O2S/c1-5-11(4)22-15-13(17)8-12(9-14(15)21-7-3)10-19-20-16(23)18-6-2/h8-11H,5-7H2,1-4H3,(H2,18,20,23)/b19-10-/t11-/m0/s1. The topological polar surface area (TPSA) is 54.9 Å². The van der Waals surface area contributed by atoms with Gasteiger partial charge in [0.1, 0.15) is 0 Å². The van der Waals surface area contributed by atoms with Gasteiger partial charge in [-0.1, -0.05) is 18.5 Å². The van der Waals surface area contributed by atoms with Crippen LogP contribution in [0.4, 0.5) is 0 Å². The number of hydrazone groups is 1. The Balaban J connectivity index is 2.94. The zero-order valence-electron chi connectivity index (χ0n) is 14.0. The normalized spacial score (nSPS) is 12.0. The lowest BCUT2D eigenvalue weighted by Gasteiger charge is -2.18. The molecule has 0 radical (unpaired) electrons. The van der Waals surface area contributed by atoms with Crippen molar-refractivity contribution in [3.05, 3.63) is 22.7 Å². The predicted octanol–water partition coefficient (Wildman–Crippen LogP) is 3.73. The lowest BCUT2D eigenvalue weighted by atomic mass is 10.2. The van der Waals surface area contributed by atoms with Crippen molar-refractivity contribution < 1.29 is 9.47 Å². The van der Waals surface area contributed by atoms with E-state index in [1.165, 1.54) is 0 Å². The fraction of sp³-hybridized carbons (Fsp3) is 0.500. The second-order valence-corrected chi connectivity index (χ2v) is 5.64. The molecule has 0 bridgehead atoms. The van der Waals surface area contributed by atoms with E-state index in [4.69, 9.17) is 33.3 Å². The Morgan fingerprint density at radius 3 is 2.74 bits per heavy atom. The van der Waals surface area contributed by atoms with Gasteiger partial charge in [0.2, 0.25) is 0 Å². The molecule has 0 amide bonds. The zero-order valence-corrected chi connectivity index (χ0v) is 15.6. The summed E-state index contributed by atoms with van der Waals surface area (Å²) in [5.74, 6) is 1.17.